The standard InChI is InChI=1S/C22H22N2O3S/c1-3-24(20-10-5-4-6-11-20)22(25)18-12-14-21(15-13-18)28(26,27)23-19-9-7-8-17(2)16-19/h4-16,23H,3H2,1-2H3. The largest absolute Gasteiger partial charge is 0.309 e. The summed E-state index contributed by atoms with van der Waals surface area (Å²) >= 11 is 0. The van der Waals surface area contributed by atoms with Crippen LogP contribution in [0.2, 0.25) is 0 Å². The SMILES string of the molecule is CCN(C(=O)c1ccc(S(=O)(=O)Nc2cccc(C)c2)cc1)c1ccccc1. The Morgan fingerprint density at radius 2 is 1.61 bits per heavy atom. The summed E-state index contributed by atoms with van der Waals surface area (Å²) in [6.45, 7) is 4.30. The van der Waals surface area contributed by atoms with Crippen molar-refractivity contribution in [1.29, 1.82) is 0 Å². The second-order valence-electron chi connectivity index (χ2n) is 6.38. The van der Waals surface area contributed by atoms with E-state index in [2.05, 4.69) is 4.72 Å². The Morgan fingerprint density at radius 1 is 0.929 bits per heavy atom. The van der Waals surface area contributed by atoms with E-state index in [1.165, 1.54) is 12.1 Å². The molecule has 3 aromatic rings. The Labute approximate surface area is 165 Å². The molecule has 0 fully saturated rings. The molecule has 28 heavy (non-hydrogen) atoms. The lowest BCUT2D eigenvalue weighted by atomic mass is 10.2. The highest BCUT2D eigenvalue weighted by Crippen LogP contribution is 2.20. The van der Waals surface area contributed by atoms with Gasteiger partial charge in [-0.1, -0.05) is 30.3 Å². The van der Waals surface area contributed by atoms with Gasteiger partial charge in [-0.15, -0.1) is 0 Å². The van der Waals surface area contributed by atoms with Crippen LogP contribution in [0.3, 0.4) is 0 Å². The minimum absolute atomic E-state index is 0.105. The first kappa shape index (κ1) is 19.6. The van der Waals surface area contributed by atoms with Crippen molar-refractivity contribution in [3.63, 3.8) is 0 Å². The number of carbonyl (C=O) groups excluding carboxylic acids is 1. The summed E-state index contributed by atoms with van der Waals surface area (Å²) in [6.07, 6.45) is 0. The number of hydrogen-bond donors (Lipinski definition) is 1. The van der Waals surface area contributed by atoms with Gasteiger partial charge in [-0.05, 0) is 67.9 Å². The van der Waals surface area contributed by atoms with Gasteiger partial charge in [-0.2, -0.15) is 0 Å². The summed E-state index contributed by atoms with van der Waals surface area (Å²) in [5.74, 6) is -0.177. The summed E-state index contributed by atoms with van der Waals surface area (Å²) in [7, 11) is -3.73. The zero-order valence-corrected chi connectivity index (χ0v) is 16.6. The van der Waals surface area contributed by atoms with Crippen LogP contribution >= 0.6 is 0 Å². The lowest BCUT2D eigenvalue weighted by molar-refractivity contribution is 0.0988. The number of para-hydroxylation sites is 1. The third-order valence-corrected chi connectivity index (χ3v) is 5.71. The minimum atomic E-state index is -3.73. The summed E-state index contributed by atoms with van der Waals surface area (Å²) in [5, 5.41) is 0. The molecule has 3 rings (SSSR count). The van der Waals surface area contributed by atoms with Crippen molar-refractivity contribution in [3.05, 3.63) is 90.0 Å². The summed E-state index contributed by atoms with van der Waals surface area (Å²) in [5.41, 5.74) is 2.69. The van der Waals surface area contributed by atoms with Crippen LogP contribution in [0.25, 0.3) is 0 Å². The van der Waals surface area contributed by atoms with E-state index in [1.807, 2.05) is 50.2 Å². The van der Waals surface area contributed by atoms with Crippen molar-refractivity contribution in [3.8, 4) is 0 Å². The first-order valence-electron chi connectivity index (χ1n) is 8.97. The molecule has 144 valence electrons. The molecule has 0 saturated heterocycles. The number of nitrogens with one attached hydrogen (secondary N) is 1. The predicted molar refractivity (Wildman–Crippen MR) is 112 cm³/mol. The normalized spacial score (nSPS) is 11.1. The van der Waals surface area contributed by atoms with Gasteiger partial charge in [0.25, 0.3) is 15.9 Å². The van der Waals surface area contributed by atoms with Crippen LogP contribution in [-0.2, 0) is 10.0 Å². The van der Waals surface area contributed by atoms with E-state index in [0.717, 1.165) is 11.3 Å². The molecule has 0 unspecified atom stereocenters. The van der Waals surface area contributed by atoms with Gasteiger partial charge < -0.3 is 4.90 Å². The van der Waals surface area contributed by atoms with Crippen LogP contribution in [0.15, 0.2) is 83.8 Å². The van der Waals surface area contributed by atoms with Crippen molar-refractivity contribution in [2.45, 2.75) is 18.7 Å². The number of aryl methyl sites for hydroxylation is 1. The molecule has 0 aromatic heterocycles. The second kappa shape index (κ2) is 8.27. The van der Waals surface area contributed by atoms with Gasteiger partial charge in [-0.25, -0.2) is 8.42 Å². The molecule has 0 saturated carbocycles. The third-order valence-electron chi connectivity index (χ3n) is 4.31. The van der Waals surface area contributed by atoms with E-state index in [9.17, 15) is 13.2 Å². The number of rotatable bonds is 6. The van der Waals surface area contributed by atoms with Crippen LogP contribution < -0.4 is 9.62 Å². The Kier molecular flexibility index (Phi) is 5.80. The topological polar surface area (TPSA) is 66.5 Å². The molecular formula is C22H22N2O3S. The molecule has 0 aliphatic carbocycles. The van der Waals surface area contributed by atoms with Crippen molar-refractivity contribution in [2.75, 3.05) is 16.2 Å². The number of carbonyl (C=O) groups is 1. The van der Waals surface area contributed by atoms with Gasteiger partial charge in [0.05, 0.1) is 4.90 Å². The lowest BCUT2D eigenvalue weighted by Gasteiger charge is -2.21. The number of anilines is 2. The smallest absolute Gasteiger partial charge is 0.261 e. The maximum absolute atomic E-state index is 12.8. The lowest BCUT2D eigenvalue weighted by Crippen LogP contribution is -2.30. The average molecular weight is 394 g/mol. The molecule has 1 N–H and O–H groups in total. The molecular weight excluding hydrogens is 372 g/mol. The molecule has 0 radical (unpaired) electrons. The number of nitrogens with zero attached hydrogens (tertiary/aromatic N) is 1. The van der Waals surface area contributed by atoms with Crippen LogP contribution in [0.4, 0.5) is 11.4 Å². The van der Waals surface area contributed by atoms with Gasteiger partial charge >= 0.3 is 0 Å². The van der Waals surface area contributed by atoms with E-state index < -0.39 is 10.0 Å². The van der Waals surface area contributed by atoms with Crippen LogP contribution in [-0.4, -0.2) is 20.9 Å². The Morgan fingerprint density at radius 3 is 2.21 bits per heavy atom. The summed E-state index contributed by atoms with van der Waals surface area (Å²) in [4.78, 5) is 14.6. The average Bonchev–Trinajstić information content (AvgIpc) is 2.69. The number of amides is 1. The molecule has 0 spiro atoms. The summed E-state index contributed by atoms with van der Waals surface area (Å²) in [6, 6.07) is 22.5. The highest BCUT2D eigenvalue weighted by molar-refractivity contribution is 7.92. The van der Waals surface area contributed by atoms with E-state index in [1.54, 1.807) is 35.2 Å². The number of hydrogen-bond acceptors (Lipinski definition) is 3. The second-order valence-corrected chi connectivity index (χ2v) is 8.07. The van der Waals surface area contributed by atoms with Gasteiger partial charge in [0, 0.05) is 23.5 Å². The van der Waals surface area contributed by atoms with Gasteiger partial charge in [0.1, 0.15) is 0 Å². The maximum atomic E-state index is 12.8. The molecule has 3 aromatic carbocycles. The predicted octanol–water partition coefficient (Wildman–Crippen LogP) is 4.46. The van der Waals surface area contributed by atoms with E-state index >= 15 is 0 Å². The van der Waals surface area contributed by atoms with Crippen molar-refractivity contribution >= 4 is 27.3 Å². The highest BCUT2D eigenvalue weighted by Gasteiger charge is 2.18. The van der Waals surface area contributed by atoms with Crippen LogP contribution in [0, 0.1) is 6.92 Å². The number of sulfonamides is 1. The van der Waals surface area contributed by atoms with Gasteiger partial charge in [0.2, 0.25) is 0 Å². The first-order chi connectivity index (χ1) is 13.4. The van der Waals surface area contributed by atoms with E-state index in [0.29, 0.717) is 17.8 Å². The Bertz CT molecular complexity index is 1060. The Hall–Kier alpha value is -3.12. The Balaban J connectivity index is 1.81. The van der Waals surface area contributed by atoms with Crippen LogP contribution in [0.5, 0.6) is 0 Å². The van der Waals surface area contributed by atoms with Gasteiger partial charge in [-0.3, -0.25) is 9.52 Å². The highest BCUT2D eigenvalue weighted by atomic mass is 32.2. The molecule has 5 nitrogen and oxygen atoms in total. The molecule has 0 atom stereocenters. The van der Waals surface area contributed by atoms with Gasteiger partial charge in [0.15, 0.2) is 0 Å². The molecule has 1 amide bonds. The van der Waals surface area contributed by atoms with Crippen molar-refractivity contribution in [2.24, 2.45) is 0 Å². The third kappa shape index (κ3) is 4.40. The van der Waals surface area contributed by atoms with Crippen LogP contribution in [0.1, 0.15) is 22.8 Å². The minimum Gasteiger partial charge on any atom is -0.309 e. The molecule has 6 heteroatoms. The van der Waals surface area contributed by atoms with Crippen molar-refractivity contribution < 1.29 is 13.2 Å². The summed E-state index contributed by atoms with van der Waals surface area (Å²) < 4.78 is 27.8. The maximum Gasteiger partial charge on any atom is 0.261 e. The monoisotopic (exact) mass is 394 g/mol. The quantitative estimate of drug-likeness (QED) is 0.671. The zero-order valence-electron chi connectivity index (χ0n) is 15.8. The number of benzene rings is 3. The van der Waals surface area contributed by atoms with E-state index in [4.69, 9.17) is 0 Å². The van der Waals surface area contributed by atoms with Crippen molar-refractivity contribution in [1.82, 2.24) is 0 Å². The fraction of sp³-hybridized carbons (Fsp3) is 0.136. The van der Waals surface area contributed by atoms with E-state index in [-0.39, 0.29) is 10.8 Å². The molecule has 0 aliphatic rings. The molecule has 0 aliphatic heterocycles. The molecule has 0 heterocycles. The fourth-order valence-corrected chi connectivity index (χ4v) is 3.96. The first-order valence-corrected chi connectivity index (χ1v) is 10.5. The fourth-order valence-electron chi connectivity index (χ4n) is 2.91. The molecule has 0 bridgehead atoms. The zero-order chi connectivity index (χ0) is 20.1.